The van der Waals surface area contributed by atoms with E-state index in [4.69, 9.17) is 16.9 Å². The van der Waals surface area contributed by atoms with Crippen molar-refractivity contribution in [2.24, 2.45) is 0 Å². The Balaban J connectivity index is 2.92. The molecule has 0 aromatic heterocycles. The first kappa shape index (κ1) is 18.9. The molecule has 124 valence electrons. The summed E-state index contributed by atoms with van der Waals surface area (Å²) in [4.78, 5) is 24.1. The van der Waals surface area contributed by atoms with Crippen LogP contribution in [0.2, 0.25) is 0 Å². The van der Waals surface area contributed by atoms with Crippen LogP contribution in [0.15, 0.2) is 24.3 Å². The summed E-state index contributed by atoms with van der Waals surface area (Å²) in [7, 11) is -3.51. The molecule has 0 saturated carbocycles. The van der Waals surface area contributed by atoms with E-state index >= 15 is 0 Å². The maximum atomic E-state index is 12.2. The molecular weight excluding hydrogens is 342 g/mol. The highest BCUT2D eigenvalue weighted by Crippen LogP contribution is 2.08. The third kappa shape index (κ3) is 6.67. The van der Waals surface area contributed by atoms with E-state index in [1.165, 1.54) is 6.07 Å². The number of hydrogen-bond donors (Lipinski definition) is 2. The van der Waals surface area contributed by atoms with Gasteiger partial charge in [0.05, 0.1) is 11.8 Å². The van der Waals surface area contributed by atoms with Crippen LogP contribution >= 0.6 is 11.6 Å². The van der Waals surface area contributed by atoms with Gasteiger partial charge in [0.15, 0.2) is 0 Å². The highest BCUT2D eigenvalue weighted by atomic mass is 35.5. The van der Waals surface area contributed by atoms with Gasteiger partial charge in [-0.3, -0.25) is 9.59 Å². The average molecular weight is 358 g/mol. The Labute approximate surface area is 139 Å². The van der Waals surface area contributed by atoms with Crippen molar-refractivity contribution < 1.29 is 18.0 Å². The van der Waals surface area contributed by atoms with Gasteiger partial charge in [0.25, 0.3) is 5.91 Å². The van der Waals surface area contributed by atoms with Crippen molar-refractivity contribution in [1.29, 1.82) is 5.26 Å². The molecule has 0 heterocycles. The number of alkyl halides is 1. The van der Waals surface area contributed by atoms with Crippen molar-refractivity contribution in [2.45, 2.75) is 11.9 Å². The molecule has 0 saturated heterocycles. The van der Waals surface area contributed by atoms with Crippen LogP contribution < -0.4 is 10.6 Å². The summed E-state index contributed by atoms with van der Waals surface area (Å²) in [5, 5.41) is 13.1. The second-order valence-corrected chi connectivity index (χ2v) is 7.28. The van der Waals surface area contributed by atoms with Crippen molar-refractivity contribution in [1.82, 2.24) is 10.6 Å². The molecule has 1 unspecified atom stereocenters. The van der Waals surface area contributed by atoms with Crippen LogP contribution in [0, 0.1) is 11.3 Å². The molecule has 2 N–H and O–H groups in total. The highest BCUT2D eigenvalue weighted by Gasteiger charge is 2.25. The van der Waals surface area contributed by atoms with E-state index in [0.717, 1.165) is 6.26 Å². The van der Waals surface area contributed by atoms with Crippen LogP contribution in [0.4, 0.5) is 0 Å². The van der Waals surface area contributed by atoms with E-state index in [2.05, 4.69) is 10.6 Å². The lowest BCUT2D eigenvalue weighted by molar-refractivity contribution is -0.122. The first-order valence-corrected chi connectivity index (χ1v) is 9.14. The van der Waals surface area contributed by atoms with E-state index in [1.54, 1.807) is 24.3 Å². The van der Waals surface area contributed by atoms with Gasteiger partial charge in [-0.15, -0.1) is 11.6 Å². The SMILES string of the molecule is CS(=O)(=O)CC(NC(=O)c1cccc(CCl)c1)C(=O)NCC#N. The van der Waals surface area contributed by atoms with E-state index in [1.807, 2.05) is 0 Å². The maximum Gasteiger partial charge on any atom is 0.251 e. The molecule has 1 aromatic carbocycles. The van der Waals surface area contributed by atoms with Crippen molar-refractivity contribution in [2.75, 3.05) is 18.6 Å². The van der Waals surface area contributed by atoms with Crippen LogP contribution in [0.1, 0.15) is 15.9 Å². The monoisotopic (exact) mass is 357 g/mol. The Morgan fingerprint density at radius 2 is 2.09 bits per heavy atom. The minimum Gasteiger partial charge on any atom is -0.341 e. The van der Waals surface area contributed by atoms with E-state index < -0.39 is 33.4 Å². The summed E-state index contributed by atoms with van der Waals surface area (Å²) in [6, 6.07) is 6.86. The average Bonchev–Trinajstić information content (AvgIpc) is 2.50. The number of hydrogen-bond acceptors (Lipinski definition) is 5. The van der Waals surface area contributed by atoms with E-state index in [-0.39, 0.29) is 18.0 Å². The zero-order valence-corrected chi connectivity index (χ0v) is 13.9. The molecule has 1 atom stereocenters. The summed E-state index contributed by atoms with van der Waals surface area (Å²) >= 11 is 5.70. The molecule has 0 aliphatic rings. The van der Waals surface area contributed by atoms with Crippen molar-refractivity contribution in [3.63, 3.8) is 0 Å². The molecule has 0 aliphatic carbocycles. The quantitative estimate of drug-likeness (QED) is 0.534. The molecule has 0 spiro atoms. The molecule has 23 heavy (non-hydrogen) atoms. The molecular formula is C14H16ClN3O4S. The van der Waals surface area contributed by atoms with Gasteiger partial charge in [-0.05, 0) is 17.7 Å². The number of nitriles is 1. The van der Waals surface area contributed by atoms with Crippen LogP contribution in [0.25, 0.3) is 0 Å². The Kier molecular flexibility index (Phi) is 7.00. The molecule has 2 amide bonds. The van der Waals surface area contributed by atoms with Gasteiger partial charge in [0.2, 0.25) is 5.91 Å². The number of rotatable bonds is 7. The lowest BCUT2D eigenvalue weighted by Gasteiger charge is -2.17. The van der Waals surface area contributed by atoms with Gasteiger partial charge in [-0.25, -0.2) is 8.42 Å². The van der Waals surface area contributed by atoms with Crippen molar-refractivity contribution >= 4 is 33.3 Å². The largest absolute Gasteiger partial charge is 0.341 e. The first-order valence-electron chi connectivity index (χ1n) is 6.55. The third-order valence-electron chi connectivity index (χ3n) is 2.78. The molecule has 0 fully saturated rings. The third-order valence-corrected chi connectivity index (χ3v) is 4.02. The fraction of sp³-hybridized carbons (Fsp3) is 0.357. The number of nitrogens with one attached hydrogen (secondary N) is 2. The fourth-order valence-corrected chi connectivity index (χ4v) is 2.78. The number of amides is 2. The Bertz CT molecular complexity index is 728. The summed E-state index contributed by atoms with van der Waals surface area (Å²) < 4.78 is 22.8. The Morgan fingerprint density at radius 1 is 1.39 bits per heavy atom. The molecule has 0 radical (unpaired) electrons. The normalized spacial score (nSPS) is 12.0. The predicted octanol–water partition coefficient (Wildman–Crippen LogP) is 0.208. The predicted molar refractivity (Wildman–Crippen MR) is 85.6 cm³/mol. The van der Waals surface area contributed by atoms with Crippen LogP contribution in [0.3, 0.4) is 0 Å². The van der Waals surface area contributed by atoms with Crippen molar-refractivity contribution in [3.05, 3.63) is 35.4 Å². The summed E-state index contributed by atoms with van der Waals surface area (Å²) in [5.74, 6) is -1.68. The van der Waals surface area contributed by atoms with Gasteiger partial charge >= 0.3 is 0 Å². The second kappa shape index (κ2) is 8.50. The van der Waals surface area contributed by atoms with Crippen LogP contribution in [-0.4, -0.2) is 44.8 Å². The van der Waals surface area contributed by atoms with Crippen LogP contribution in [0.5, 0.6) is 0 Å². The summed E-state index contributed by atoms with van der Waals surface area (Å²) in [5.41, 5.74) is 0.975. The molecule has 0 aliphatic heterocycles. The van der Waals surface area contributed by atoms with Gasteiger partial charge in [0, 0.05) is 17.7 Å². The number of benzene rings is 1. The van der Waals surface area contributed by atoms with Crippen molar-refractivity contribution in [3.8, 4) is 6.07 Å². The topological polar surface area (TPSA) is 116 Å². The molecule has 1 rings (SSSR count). The molecule has 7 nitrogen and oxygen atoms in total. The fourth-order valence-electron chi connectivity index (χ4n) is 1.77. The minimum absolute atomic E-state index is 0.219. The number of sulfone groups is 1. The number of nitrogens with zero attached hydrogens (tertiary/aromatic N) is 1. The van der Waals surface area contributed by atoms with Gasteiger partial charge < -0.3 is 10.6 Å². The Hall–Kier alpha value is -2.11. The molecule has 0 bridgehead atoms. The molecule has 1 aromatic rings. The molecule has 9 heteroatoms. The van der Waals surface area contributed by atoms with E-state index in [9.17, 15) is 18.0 Å². The van der Waals surface area contributed by atoms with Gasteiger partial charge in [-0.2, -0.15) is 5.26 Å². The lowest BCUT2D eigenvalue weighted by atomic mass is 10.1. The summed E-state index contributed by atoms with van der Waals surface area (Å²) in [6.45, 7) is -0.281. The highest BCUT2D eigenvalue weighted by molar-refractivity contribution is 7.90. The number of halogens is 1. The minimum atomic E-state index is -3.51. The first-order chi connectivity index (χ1) is 10.8. The Morgan fingerprint density at radius 3 is 2.65 bits per heavy atom. The smallest absolute Gasteiger partial charge is 0.251 e. The number of carbonyl (C=O) groups excluding carboxylic acids is 2. The van der Waals surface area contributed by atoms with Gasteiger partial charge in [0.1, 0.15) is 22.4 Å². The lowest BCUT2D eigenvalue weighted by Crippen LogP contribution is -2.50. The zero-order chi connectivity index (χ0) is 17.5. The summed E-state index contributed by atoms with van der Waals surface area (Å²) in [6.07, 6.45) is 0.956. The second-order valence-electron chi connectivity index (χ2n) is 4.83. The number of carbonyl (C=O) groups is 2. The van der Waals surface area contributed by atoms with Gasteiger partial charge in [-0.1, -0.05) is 12.1 Å². The zero-order valence-electron chi connectivity index (χ0n) is 12.4. The maximum absolute atomic E-state index is 12.2. The van der Waals surface area contributed by atoms with Crippen LogP contribution in [-0.2, 0) is 20.5 Å². The van der Waals surface area contributed by atoms with E-state index in [0.29, 0.717) is 5.56 Å². The standard InChI is InChI=1S/C14H16ClN3O4S/c1-23(21,22)9-12(14(20)17-6-5-16)18-13(19)11-4-2-3-10(7-11)8-15/h2-4,7,12H,6,8-9H2,1H3,(H,17,20)(H,18,19).